The maximum Gasteiger partial charge on any atom is 0.329 e. The van der Waals surface area contributed by atoms with Gasteiger partial charge in [0.25, 0.3) is 11.7 Å². The van der Waals surface area contributed by atoms with Gasteiger partial charge in [-0.1, -0.05) is 87.0 Å². The first kappa shape index (κ1) is 59.4. The van der Waals surface area contributed by atoms with E-state index in [9.17, 15) is 19.5 Å². The highest BCUT2D eigenvalue weighted by molar-refractivity contribution is 6.74. The molecule has 2 saturated heterocycles. The lowest BCUT2D eigenvalue weighted by Gasteiger charge is -2.47. The van der Waals surface area contributed by atoms with Gasteiger partial charge in [0.2, 0.25) is 14.1 Å². The Hall–Kier alpha value is -2.18. The number of carbonyl (C=O) groups excluding carboxylic acids is 3. The van der Waals surface area contributed by atoms with E-state index in [-0.39, 0.29) is 53.9 Å². The summed E-state index contributed by atoms with van der Waals surface area (Å²) in [6.07, 6.45) is 11.6. The molecule has 1 N–H and O–H groups in total. The lowest BCUT2D eigenvalue weighted by Crippen LogP contribution is -2.64. The zero-order valence-electron chi connectivity index (χ0n) is 46.2. The Balaban J connectivity index is 1.84. The van der Waals surface area contributed by atoms with Crippen molar-refractivity contribution in [1.29, 1.82) is 0 Å². The molecule has 4 aliphatic rings. The summed E-state index contributed by atoms with van der Waals surface area (Å²) in [7, 11) is 0.823. The third kappa shape index (κ3) is 14.5. The summed E-state index contributed by atoms with van der Waals surface area (Å²) in [6.45, 7) is 30.8. The van der Waals surface area contributed by atoms with E-state index >= 15 is 0 Å². The van der Waals surface area contributed by atoms with Gasteiger partial charge in [-0.15, -0.1) is 0 Å². The Labute approximate surface area is 420 Å². The van der Waals surface area contributed by atoms with Crippen molar-refractivity contribution in [2.75, 3.05) is 27.9 Å². The van der Waals surface area contributed by atoms with Crippen LogP contribution < -0.4 is 0 Å². The molecule has 3 aliphatic heterocycles. The van der Waals surface area contributed by atoms with Crippen LogP contribution >= 0.6 is 0 Å². The van der Waals surface area contributed by atoms with Gasteiger partial charge in [-0.2, -0.15) is 0 Å². The molecule has 0 spiro atoms. The molecule has 0 aromatic carbocycles. The molecule has 1 amide bonds. The van der Waals surface area contributed by atoms with E-state index in [4.69, 9.17) is 32.5 Å². The van der Waals surface area contributed by atoms with Crippen LogP contribution in [0.15, 0.2) is 35.1 Å². The Morgan fingerprint density at radius 2 is 1.51 bits per heavy atom. The van der Waals surface area contributed by atoms with Crippen LogP contribution in [0.1, 0.15) is 154 Å². The highest BCUT2D eigenvalue weighted by Crippen LogP contribution is 2.42. The van der Waals surface area contributed by atoms with Crippen molar-refractivity contribution >= 4 is 34.3 Å². The average Bonchev–Trinajstić information content (AvgIpc) is 3.31. The molecule has 3 fully saturated rings. The molecule has 12 nitrogen and oxygen atoms in total. The first-order valence-electron chi connectivity index (χ1n) is 26.8. The smallest absolute Gasteiger partial charge is 0.329 e. The van der Waals surface area contributed by atoms with Gasteiger partial charge in [-0.05, 0) is 144 Å². The number of fused-ring (bicyclic) bond motifs is 3. The minimum absolute atomic E-state index is 0.0130. The van der Waals surface area contributed by atoms with E-state index < -0.39 is 76.5 Å². The number of ketones is 1. The summed E-state index contributed by atoms with van der Waals surface area (Å²) < 4.78 is 45.5. The van der Waals surface area contributed by atoms with Crippen molar-refractivity contribution in [3.05, 3.63) is 35.1 Å². The van der Waals surface area contributed by atoms with Crippen LogP contribution in [0.25, 0.3) is 0 Å². The second-order valence-electron chi connectivity index (χ2n) is 23.1. The Morgan fingerprint density at radius 3 is 2.09 bits per heavy atom. The molecule has 13 atom stereocenters. The summed E-state index contributed by atoms with van der Waals surface area (Å²) in [6, 6.07) is 2.01. The van der Waals surface area contributed by atoms with Crippen LogP contribution in [0.2, 0.25) is 36.3 Å². The van der Waals surface area contributed by atoms with E-state index in [1.807, 2.05) is 0 Å². The molecule has 3 heterocycles. The molecule has 14 heteroatoms. The van der Waals surface area contributed by atoms with Gasteiger partial charge in [0.05, 0.1) is 30.2 Å². The summed E-state index contributed by atoms with van der Waals surface area (Å²) in [5.41, 5.74) is 2.18. The van der Waals surface area contributed by atoms with Crippen molar-refractivity contribution < 1.29 is 52.0 Å². The van der Waals surface area contributed by atoms with E-state index in [1.54, 1.807) is 28.3 Å². The van der Waals surface area contributed by atoms with Crippen molar-refractivity contribution in [1.82, 2.24) is 4.90 Å². The third-order valence-electron chi connectivity index (χ3n) is 17.1. The predicted octanol–water partition coefficient (Wildman–Crippen LogP) is 11.5. The molecule has 1 aliphatic carbocycles. The minimum atomic E-state index is -2.45. The second-order valence-corrected chi connectivity index (χ2v) is 32.5. The van der Waals surface area contributed by atoms with E-state index in [0.29, 0.717) is 32.1 Å². The van der Waals surface area contributed by atoms with Crippen LogP contribution in [-0.4, -0.2) is 121 Å². The topological polar surface area (TPSA) is 139 Å². The Morgan fingerprint density at radius 1 is 0.884 bits per heavy atom. The lowest BCUT2D eigenvalue weighted by atomic mass is 9.82. The molecule has 0 aromatic rings. The van der Waals surface area contributed by atoms with E-state index in [2.05, 4.69) is 107 Å². The van der Waals surface area contributed by atoms with Crippen LogP contribution in [-0.2, 0) is 46.9 Å². The quantitative estimate of drug-likeness (QED) is 0.0816. The van der Waals surface area contributed by atoms with Gasteiger partial charge in [0.15, 0.2) is 8.32 Å². The number of rotatable bonds is 13. The monoisotopic (exact) mass is 1000 g/mol. The number of cyclic esters (lactones) is 1. The van der Waals surface area contributed by atoms with Crippen molar-refractivity contribution in [2.24, 2.45) is 29.6 Å². The van der Waals surface area contributed by atoms with E-state index in [1.165, 1.54) is 10.5 Å². The molecule has 69 heavy (non-hydrogen) atoms. The van der Waals surface area contributed by atoms with Gasteiger partial charge in [-0.25, -0.2) is 4.79 Å². The lowest BCUT2D eigenvalue weighted by molar-refractivity contribution is -0.302. The third-order valence-corrected chi connectivity index (χ3v) is 26.1. The number of nitrogens with zero attached hydrogens (tertiary/aromatic N) is 1. The number of methoxy groups -OCH3 is 3. The number of hydrogen-bond acceptors (Lipinski definition) is 11. The number of esters is 1. The maximum atomic E-state index is 14.8. The average molecular weight is 1000 g/mol. The maximum absolute atomic E-state index is 14.8. The first-order chi connectivity index (χ1) is 32.4. The fraction of sp³-hybridized carbons (Fsp3) is 0.836. The highest BCUT2D eigenvalue weighted by atomic mass is 28.4. The number of allylic oxidation sites excluding steroid dienone is 4. The largest absolute Gasteiger partial charge is 0.546 e. The number of amides is 1. The van der Waals surface area contributed by atoms with Gasteiger partial charge in [0, 0.05) is 45.6 Å². The molecule has 0 unspecified atom stereocenters. The fourth-order valence-corrected chi connectivity index (χ4v) is 15.3. The first-order valence-corrected chi connectivity index (χ1v) is 32.3. The van der Waals surface area contributed by atoms with Gasteiger partial charge in [-0.3, -0.25) is 9.59 Å². The number of ether oxygens (including phenoxy) is 5. The summed E-state index contributed by atoms with van der Waals surface area (Å²) >= 11 is 0. The number of Topliss-reactive ketones (excluding diaryl/α,β-unsaturated/α-hetero) is 1. The summed E-state index contributed by atoms with van der Waals surface area (Å²) in [5.74, 6) is -4.62. The molecule has 0 aromatic heterocycles. The number of aliphatic hydroxyl groups is 1. The fourth-order valence-electron chi connectivity index (χ4n) is 11.2. The van der Waals surface area contributed by atoms with Gasteiger partial charge >= 0.3 is 5.97 Å². The molecule has 1 saturated carbocycles. The number of hydrogen-bond donors (Lipinski definition) is 1. The van der Waals surface area contributed by atoms with Crippen molar-refractivity contribution in [3.63, 3.8) is 0 Å². The molecule has 0 radical (unpaired) electrons. The zero-order valence-corrected chi connectivity index (χ0v) is 48.2. The van der Waals surface area contributed by atoms with Crippen molar-refractivity contribution in [2.45, 2.75) is 238 Å². The van der Waals surface area contributed by atoms with Crippen LogP contribution in [0.5, 0.6) is 0 Å². The summed E-state index contributed by atoms with van der Waals surface area (Å²) in [5, 5.41) is 12.3. The Bertz CT molecular complexity index is 1780. The van der Waals surface area contributed by atoms with Crippen LogP contribution in [0.3, 0.4) is 0 Å². The highest BCUT2D eigenvalue weighted by Gasteiger charge is 2.57. The molecule has 396 valence electrons. The molecular formula is C55H97NO11Si2. The normalized spacial score (nSPS) is 36.3. The molecule has 4 rings (SSSR count). The summed E-state index contributed by atoms with van der Waals surface area (Å²) in [4.78, 5) is 45.2. The Kier molecular flexibility index (Phi) is 22.1. The van der Waals surface area contributed by atoms with E-state index in [0.717, 1.165) is 61.6 Å². The number of carbonyl (C=O) groups is 3. The molecule has 2 bridgehead atoms. The minimum Gasteiger partial charge on any atom is -0.546 e. The van der Waals surface area contributed by atoms with Crippen LogP contribution in [0, 0.1) is 29.6 Å². The van der Waals surface area contributed by atoms with Gasteiger partial charge in [0.1, 0.15) is 18.2 Å². The zero-order chi connectivity index (χ0) is 51.6. The van der Waals surface area contributed by atoms with Gasteiger partial charge < -0.3 is 42.5 Å². The second kappa shape index (κ2) is 25.7. The number of piperidine rings is 1. The SMILES string of the molecule is CC[C@@H]1/C=C(\C)C[C@H](C)C[C@H](OC)[C@H]2O[C@@](O)(C(=O)C(=O)N3CCCC[C@H]3C(=O)O[C@H](/C(C)=C/[C@@H]3CC[C@@H](O[Si](C)(C)C(C)(C)C)[C@H](OC)C3)[C@H](C)C/C=C\1O[Si](CC)(CC)CC)[C@H](C)C[C@@H]2OC. The van der Waals surface area contributed by atoms with Crippen LogP contribution in [0.4, 0.5) is 0 Å². The molecular weight excluding hydrogens is 907 g/mol. The standard InChI is InChI=1S/C55H97NO11Si2/c1-18-42-31-36(5)30-37(6)32-47(62-14)50-48(63-15)34-40(9)55(60,65-50)51(57)52(58)56-29-23-22-24-43(56)53(59)64-49(38(7)25-27-44(42)67-69(19-2,20-3)21-4)39(8)33-41-26-28-45(46(35-41)61-13)66-68(16,17)54(10,11)12/h27,31,33,37-38,40-43,45-50,60H,18-26,28-30,32,34-35H2,1-17H3/b36-31+,39-33+,44-27+/t37-,38+,40+,41-,42+,43-,45+,46+,47-,48-,49-,50+,55+/m0/s1. The van der Waals surface area contributed by atoms with Crippen molar-refractivity contribution in [3.8, 4) is 0 Å². The predicted molar refractivity (Wildman–Crippen MR) is 279 cm³/mol.